The minimum Gasteiger partial charge on any atom is -0.500 e. The van der Waals surface area contributed by atoms with E-state index < -0.39 is 17.4 Å². The van der Waals surface area contributed by atoms with Crippen molar-refractivity contribution in [2.75, 3.05) is 20.3 Å². The van der Waals surface area contributed by atoms with E-state index in [2.05, 4.69) is 30.4 Å². The van der Waals surface area contributed by atoms with Crippen molar-refractivity contribution in [2.24, 2.45) is 11.3 Å². The molecule has 0 spiro atoms. The molecule has 1 saturated heterocycles. The van der Waals surface area contributed by atoms with Crippen LogP contribution in [0.15, 0.2) is 60.5 Å². The van der Waals surface area contributed by atoms with Crippen molar-refractivity contribution >= 4 is 16.8 Å². The van der Waals surface area contributed by atoms with E-state index in [4.69, 9.17) is 9.47 Å². The van der Waals surface area contributed by atoms with Crippen LogP contribution in [-0.2, 0) is 27.1 Å². The molecule has 0 N–H and O–H groups in total. The highest BCUT2D eigenvalue weighted by Crippen LogP contribution is 2.62. The Labute approximate surface area is 251 Å². The van der Waals surface area contributed by atoms with Gasteiger partial charge < -0.3 is 9.47 Å². The smallest absolute Gasteiger partial charge is 0.401 e. The van der Waals surface area contributed by atoms with Crippen LogP contribution in [0.4, 0.5) is 17.6 Å². The second kappa shape index (κ2) is 13.4. The Morgan fingerprint density at radius 2 is 1.86 bits per heavy atom. The van der Waals surface area contributed by atoms with E-state index in [1.807, 2.05) is 19.1 Å². The van der Waals surface area contributed by atoms with E-state index in [1.165, 1.54) is 37.3 Å². The van der Waals surface area contributed by atoms with E-state index in [0.717, 1.165) is 30.7 Å². The Balaban J connectivity index is 0.00000127. The molecule has 3 aromatic rings. The number of hydrogen-bond acceptors (Lipinski definition) is 5. The number of ketones is 1. The molecule has 9 heteroatoms. The molecular formula is C34H40F4N2O3. The van der Waals surface area contributed by atoms with Gasteiger partial charge in [0.1, 0.15) is 22.8 Å². The highest BCUT2D eigenvalue weighted by molar-refractivity contribution is 5.84. The number of benzene rings is 2. The quantitative estimate of drug-likeness (QED) is 0.133. The van der Waals surface area contributed by atoms with Crippen LogP contribution in [0.1, 0.15) is 57.6 Å². The number of allylic oxidation sites excluding steroid dienone is 3. The number of nitrogens with zero attached hydrogens (tertiary/aromatic N) is 2. The van der Waals surface area contributed by atoms with Gasteiger partial charge in [-0.1, -0.05) is 39.0 Å². The average molecular weight is 601 g/mol. The zero-order valence-corrected chi connectivity index (χ0v) is 25.1. The molecule has 43 heavy (non-hydrogen) atoms. The maximum atomic E-state index is 15.0. The monoisotopic (exact) mass is 600 g/mol. The van der Waals surface area contributed by atoms with Crippen molar-refractivity contribution in [3.05, 3.63) is 83.0 Å². The number of carbonyl (C=O) groups is 1. The molecular weight excluding hydrogens is 560 g/mol. The molecule has 1 aromatic heterocycles. The third kappa shape index (κ3) is 7.50. The predicted molar refractivity (Wildman–Crippen MR) is 161 cm³/mol. The van der Waals surface area contributed by atoms with E-state index >= 15 is 0 Å². The number of halogens is 4. The maximum Gasteiger partial charge on any atom is 0.401 e. The fourth-order valence-electron chi connectivity index (χ4n) is 5.08. The Bertz CT molecular complexity index is 1530. The molecule has 5 nitrogen and oxygen atoms in total. The summed E-state index contributed by atoms with van der Waals surface area (Å²) in [6.45, 7) is 11.6. The lowest BCUT2D eigenvalue weighted by Crippen LogP contribution is -2.29. The minimum absolute atomic E-state index is 0. The minimum atomic E-state index is -4.44. The standard InChI is InChI=1S/C31H30F4N2O3.C3H8.H2/c1-18(9-29(39-3)30(6-7-30)31(33,34)35)8-24(38)12-21-4-5-22(13-25(21)32)28-15-36-26-14-23(11-20-16-40-17-20)19(2)10-27(26)37-28;1-3-2;/h4-5,9-10,13-15,20H,1,6-8,11-12,16-17H2,2-3H3;3H2,1-2H3;1H/b29-9-;;. The molecule has 0 bridgehead atoms. The van der Waals surface area contributed by atoms with Gasteiger partial charge in [-0.2, -0.15) is 13.2 Å². The molecule has 5 rings (SSSR count). The molecule has 2 heterocycles. The number of methoxy groups -OCH3 is 1. The van der Waals surface area contributed by atoms with Crippen LogP contribution >= 0.6 is 0 Å². The molecule has 232 valence electrons. The van der Waals surface area contributed by atoms with Crippen molar-refractivity contribution in [3.63, 3.8) is 0 Å². The molecule has 1 aliphatic heterocycles. The Hall–Kier alpha value is -3.59. The molecule has 0 atom stereocenters. The second-order valence-electron chi connectivity index (χ2n) is 11.5. The van der Waals surface area contributed by atoms with Gasteiger partial charge in [-0.3, -0.25) is 9.78 Å². The molecule has 2 aromatic carbocycles. The van der Waals surface area contributed by atoms with Gasteiger partial charge in [-0.15, -0.1) is 0 Å². The summed E-state index contributed by atoms with van der Waals surface area (Å²) >= 11 is 0. The summed E-state index contributed by atoms with van der Waals surface area (Å²) in [6, 6.07) is 8.54. The van der Waals surface area contributed by atoms with Crippen molar-refractivity contribution in [3.8, 4) is 11.3 Å². The number of carbonyl (C=O) groups excluding carboxylic acids is 1. The third-order valence-corrected chi connectivity index (χ3v) is 7.70. The Morgan fingerprint density at radius 1 is 1.16 bits per heavy atom. The van der Waals surface area contributed by atoms with Crippen molar-refractivity contribution in [1.82, 2.24) is 9.97 Å². The first-order chi connectivity index (χ1) is 20.4. The molecule has 1 saturated carbocycles. The van der Waals surface area contributed by atoms with Crippen LogP contribution < -0.4 is 0 Å². The topological polar surface area (TPSA) is 61.3 Å². The summed E-state index contributed by atoms with van der Waals surface area (Å²) in [7, 11) is 1.17. The number of aryl methyl sites for hydroxylation is 1. The number of hydrogen-bond donors (Lipinski definition) is 0. The zero-order chi connectivity index (χ0) is 31.4. The average Bonchev–Trinajstić information content (AvgIpc) is 3.73. The van der Waals surface area contributed by atoms with Crippen LogP contribution in [0.5, 0.6) is 0 Å². The first kappa shape index (κ1) is 32.3. The molecule has 0 amide bonds. The van der Waals surface area contributed by atoms with Gasteiger partial charge in [0.2, 0.25) is 0 Å². The normalized spacial score (nSPS) is 16.2. The van der Waals surface area contributed by atoms with Crippen LogP contribution in [-0.4, -0.2) is 42.3 Å². The fourth-order valence-corrected chi connectivity index (χ4v) is 5.08. The van der Waals surface area contributed by atoms with Gasteiger partial charge in [-0.05, 0) is 72.7 Å². The lowest BCUT2D eigenvalue weighted by Gasteiger charge is -2.26. The van der Waals surface area contributed by atoms with Gasteiger partial charge >= 0.3 is 6.18 Å². The highest BCUT2D eigenvalue weighted by Gasteiger charge is 2.66. The summed E-state index contributed by atoms with van der Waals surface area (Å²) in [5.41, 5.74) is 3.19. The van der Waals surface area contributed by atoms with Crippen LogP contribution in [0.25, 0.3) is 22.3 Å². The first-order valence-corrected chi connectivity index (χ1v) is 14.6. The third-order valence-electron chi connectivity index (χ3n) is 7.70. The number of alkyl halides is 3. The summed E-state index contributed by atoms with van der Waals surface area (Å²) in [5, 5.41) is 0. The molecule has 0 radical (unpaired) electrons. The molecule has 2 aliphatic rings. The van der Waals surface area contributed by atoms with E-state index in [1.54, 1.807) is 12.3 Å². The van der Waals surface area contributed by atoms with E-state index in [-0.39, 0.29) is 49.8 Å². The number of ether oxygens (including phenoxy) is 2. The number of Topliss-reactive ketones (excluding diaryl/α,β-unsaturated/α-hetero) is 1. The van der Waals surface area contributed by atoms with Crippen LogP contribution in [0, 0.1) is 24.1 Å². The zero-order valence-electron chi connectivity index (χ0n) is 25.1. The molecule has 1 aliphatic carbocycles. The van der Waals surface area contributed by atoms with Crippen LogP contribution in [0.2, 0.25) is 0 Å². The summed E-state index contributed by atoms with van der Waals surface area (Å²) in [6.07, 6.45) is -0.0284. The maximum absolute atomic E-state index is 15.0. The van der Waals surface area contributed by atoms with Gasteiger partial charge in [-0.25, -0.2) is 9.37 Å². The van der Waals surface area contributed by atoms with Gasteiger partial charge in [0.25, 0.3) is 0 Å². The van der Waals surface area contributed by atoms with Gasteiger partial charge in [0, 0.05) is 25.7 Å². The second-order valence-corrected chi connectivity index (χ2v) is 11.5. The Kier molecular flexibility index (Phi) is 10.1. The van der Waals surface area contributed by atoms with Crippen LogP contribution in [0.3, 0.4) is 0 Å². The van der Waals surface area contributed by atoms with Gasteiger partial charge in [0.15, 0.2) is 0 Å². The molecule has 0 unspecified atom stereocenters. The van der Waals surface area contributed by atoms with Crippen molar-refractivity contribution in [2.45, 2.75) is 65.5 Å². The Morgan fingerprint density at radius 3 is 2.42 bits per heavy atom. The highest BCUT2D eigenvalue weighted by atomic mass is 19.4. The lowest BCUT2D eigenvalue weighted by molar-refractivity contribution is -0.184. The van der Waals surface area contributed by atoms with Crippen molar-refractivity contribution < 1.29 is 33.3 Å². The largest absolute Gasteiger partial charge is 0.500 e. The molecule has 2 fully saturated rings. The summed E-state index contributed by atoms with van der Waals surface area (Å²) < 4.78 is 65.6. The lowest BCUT2D eigenvalue weighted by atomic mass is 9.94. The number of rotatable bonds is 10. The first-order valence-electron chi connectivity index (χ1n) is 14.6. The predicted octanol–water partition coefficient (Wildman–Crippen LogP) is 8.53. The summed E-state index contributed by atoms with van der Waals surface area (Å²) in [5.74, 6) is -0.664. The number of fused-ring (bicyclic) bond motifs is 1. The van der Waals surface area contributed by atoms with Crippen molar-refractivity contribution in [1.29, 1.82) is 0 Å². The SMILES string of the molecule is C=C(/C=C(\OC)C1(C(F)(F)F)CC1)CC(=O)Cc1ccc(-c2cnc3cc(CC4COC4)c(C)cc3n2)cc1F.CCC.[HH]. The van der Waals surface area contributed by atoms with E-state index in [9.17, 15) is 22.4 Å². The van der Waals surface area contributed by atoms with E-state index in [0.29, 0.717) is 22.7 Å². The summed E-state index contributed by atoms with van der Waals surface area (Å²) in [4.78, 5) is 21.8. The van der Waals surface area contributed by atoms with Gasteiger partial charge in [0.05, 0.1) is 43.2 Å². The number of aromatic nitrogens is 2. The fraction of sp³-hybridized carbons (Fsp3) is 0.441.